The maximum atomic E-state index is 6.05. The van der Waals surface area contributed by atoms with E-state index in [1.165, 1.54) is 17.1 Å². The van der Waals surface area contributed by atoms with Crippen molar-refractivity contribution in [1.82, 2.24) is 4.37 Å². The van der Waals surface area contributed by atoms with Crippen LogP contribution in [0, 0.1) is 13.8 Å². The van der Waals surface area contributed by atoms with Gasteiger partial charge in [-0.1, -0.05) is 12.1 Å². The molecule has 0 aliphatic carbocycles. The standard InChI is InChI=1S/C19H20N2O2S/c1-11-7-14(9-18(23-4)12(11)2)19-15(10-21-24-19)13-5-6-17(22-3)16(20)8-13/h5-10H,20H2,1-4H3. The molecule has 1 heterocycles. The van der Waals surface area contributed by atoms with Crippen molar-refractivity contribution in [2.45, 2.75) is 13.8 Å². The second-order valence-corrected chi connectivity index (χ2v) is 6.45. The molecular weight excluding hydrogens is 320 g/mol. The van der Waals surface area contributed by atoms with Gasteiger partial charge in [-0.3, -0.25) is 0 Å². The summed E-state index contributed by atoms with van der Waals surface area (Å²) in [5.74, 6) is 1.56. The molecule has 0 unspecified atom stereocenters. The average molecular weight is 340 g/mol. The van der Waals surface area contributed by atoms with Crippen molar-refractivity contribution in [2.24, 2.45) is 0 Å². The third-order valence-electron chi connectivity index (χ3n) is 4.21. The number of aromatic nitrogens is 1. The van der Waals surface area contributed by atoms with Crippen LogP contribution in [-0.2, 0) is 0 Å². The van der Waals surface area contributed by atoms with E-state index in [0.29, 0.717) is 11.4 Å². The van der Waals surface area contributed by atoms with E-state index >= 15 is 0 Å². The Hall–Kier alpha value is -2.53. The van der Waals surface area contributed by atoms with E-state index in [-0.39, 0.29) is 0 Å². The number of benzene rings is 2. The van der Waals surface area contributed by atoms with Crippen molar-refractivity contribution in [3.8, 4) is 33.1 Å². The highest BCUT2D eigenvalue weighted by atomic mass is 32.1. The Morgan fingerprint density at radius 2 is 1.71 bits per heavy atom. The lowest BCUT2D eigenvalue weighted by Gasteiger charge is -2.12. The molecule has 0 radical (unpaired) electrons. The Balaban J connectivity index is 2.12. The van der Waals surface area contributed by atoms with Gasteiger partial charge in [0, 0.05) is 11.8 Å². The van der Waals surface area contributed by atoms with Gasteiger partial charge in [-0.2, -0.15) is 4.37 Å². The van der Waals surface area contributed by atoms with Gasteiger partial charge in [0.2, 0.25) is 0 Å². The fraction of sp³-hybridized carbons (Fsp3) is 0.211. The lowest BCUT2D eigenvalue weighted by molar-refractivity contribution is 0.411. The minimum Gasteiger partial charge on any atom is -0.496 e. The van der Waals surface area contributed by atoms with Gasteiger partial charge in [-0.25, -0.2) is 0 Å². The highest BCUT2D eigenvalue weighted by Crippen LogP contribution is 2.39. The van der Waals surface area contributed by atoms with Gasteiger partial charge in [0.05, 0.1) is 24.8 Å². The predicted molar refractivity (Wildman–Crippen MR) is 100.0 cm³/mol. The number of ether oxygens (including phenoxy) is 2. The lowest BCUT2D eigenvalue weighted by Crippen LogP contribution is -1.93. The molecule has 2 aromatic carbocycles. The van der Waals surface area contributed by atoms with Gasteiger partial charge < -0.3 is 15.2 Å². The van der Waals surface area contributed by atoms with E-state index in [9.17, 15) is 0 Å². The molecule has 3 aromatic rings. The summed E-state index contributed by atoms with van der Waals surface area (Å²) in [6, 6.07) is 10.0. The Morgan fingerprint density at radius 1 is 0.958 bits per heavy atom. The summed E-state index contributed by atoms with van der Waals surface area (Å²) in [6.45, 7) is 4.16. The zero-order chi connectivity index (χ0) is 17.3. The third kappa shape index (κ3) is 2.83. The Bertz CT molecular complexity index is 887. The number of nitrogen functional groups attached to an aromatic ring is 1. The molecule has 0 spiro atoms. The number of nitrogens with two attached hydrogens (primary N) is 1. The van der Waals surface area contributed by atoms with E-state index in [4.69, 9.17) is 15.2 Å². The summed E-state index contributed by atoms with van der Waals surface area (Å²) in [4.78, 5) is 1.10. The number of hydrogen-bond acceptors (Lipinski definition) is 5. The molecule has 0 amide bonds. The van der Waals surface area contributed by atoms with Crippen LogP contribution in [-0.4, -0.2) is 18.6 Å². The first-order chi connectivity index (χ1) is 11.5. The van der Waals surface area contributed by atoms with Crippen LogP contribution in [0.1, 0.15) is 11.1 Å². The second-order valence-electron chi connectivity index (χ2n) is 5.65. The number of nitrogens with zero attached hydrogens (tertiary/aromatic N) is 1. The number of aryl methyl sites for hydroxylation is 1. The number of anilines is 1. The minimum atomic E-state index is 0.616. The Labute approximate surface area is 146 Å². The van der Waals surface area contributed by atoms with Gasteiger partial charge in [0.25, 0.3) is 0 Å². The highest BCUT2D eigenvalue weighted by Gasteiger charge is 2.14. The molecule has 0 bridgehead atoms. The van der Waals surface area contributed by atoms with Gasteiger partial charge in [0.15, 0.2) is 0 Å². The number of methoxy groups -OCH3 is 2. The first kappa shape index (κ1) is 16.3. The van der Waals surface area contributed by atoms with Crippen molar-refractivity contribution in [2.75, 3.05) is 20.0 Å². The Morgan fingerprint density at radius 3 is 2.38 bits per heavy atom. The molecular formula is C19H20N2O2S. The van der Waals surface area contributed by atoms with Gasteiger partial charge in [-0.05, 0) is 65.8 Å². The SMILES string of the molecule is COc1ccc(-c2cnsc2-c2cc(C)c(C)c(OC)c2)cc1N. The van der Waals surface area contributed by atoms with Crippen molar-refractivity contribution < 1.29 is 9.47 Å². The van der Waals surface area contributed by atoms with E-state index in [1.54, 1.807) is 14.2 Å². The van der Waals surface area contributed by atoms with Crippen molar-refractivity contribution in [3.05, 3.63) is 47.7 Å². The molecule has 1 aromatic heterocycles. The van der Waals surface area contributed by atoms with E-state index in [1.807, 2.05) is 24.4 Å². The molecule has 4 nitrogen and oxygen atoms in total. The van der Waals surface area contributed by atoms with Gasteiger partial charge in [0.1, 0.15) is 11.5 Å². The van der Waals surface area contributed by atoms with Crippen LogP contribution in [0.2, 0.25) is 0 Å². The maximum absolute atomic E-state index is 6.05. The molecule has 3 rings (SSSR count). The molecule has 0 saturated carbocycles. The zero-order valence-electron chi connectivity index (χ0n) is 14.2. The summed E-state index contributed by atoms with van der Waals surface area (Å²) >= 11 is 1.47. The van der Waals surface area contributed by atoms with Crippen molar-refractivity contribution in [3.63, 3.8) is 0 Å². The minimum absolute atomic E-state index is 0.616. The van der Waals surface area contributed by atoms with Crippen molar-refractivity contribution >= 4 is 17.2 Å². The summed E-state index contributed by atoms with van der Waals surface area (Å²) in [7, 11) is 3.31. The molecule has 5 heteroatoms. The molecule has 0 atom stereocenters. The monoisotopic (exact) mass is 340 g/mol. The molecule has 0 fully saturated rings. The molecule has 0 aliphatic heterocycles. The predicted octanol–water partition coefficient (Wildman–Crippen LogP) is 4.69. The van der Waals surface area contributed by atoms with Crippen LogP contribution in [0.5, 0.6) is 11.5 Å². The summed E-state index contributed by atoms with van der Waals surface area (Å²) < 4.78 is 15.1. The van der Waals surface area contributed by atoms with Crippen LogP contribution >= 0.6 is 11.5 Å². The van der Waals surface area contributed by atoms with Crippen LogP contribution in [0.3, 0.4) is 0 Å². The number of hydrogen-bond donors (Lipinski definition) is 1. The molecule has 124 valence electrons. The maximum Gasteiger partial charge on any atom is 0.141 e. The van der Waals surface area contributed by atoms with Crippen molar-refractivity contribution in [1.29, 1.82) is 0 Å². The van der Waals surface area contributed by atoms with E-state index in [2.05, 4.69) is 30.4 Å². The first-order valence-electron chi connectivity index (χ1n) is 7.59. The van der Waals surface area contributed by atoms with Gasteiger partial charge >= 0.3 is 0 Å². The first-order valence-corrected chi connectivity index (χ1v) is 8.36. The fourth-order valence-corrected chi connectivity index (χ4v) is 3.48. The molecule has 0 aliphatic rings. The van der Waals surface area contributed by atoms with Crippen LogP contribution in [0.4, 0.5) is 5.69 Å². The fourth-order valence-electron chi connectivity index (χ4n) is 2.73. The number of rotatable bonds is 4. The lowest BCUT2D eigenvalue weighted by atomic mass is 9.99. The van der Waals surface area contributed by atoms with Crippen LogP contribution in [0.25, 0.3) is 21.6 Å². The summed E-state index contributed by atoms with van der Waals surface area (Å²) in [5, 5.41) is 0. The topological polar surface area (TPSA) is 57.4 Å². The van der Waals surface area contributed by atoms with Crippen LogP contribution < -0.4 is 15.2 Å². The normalized spacial score (nSPS) is 10.7. The molecule has 24 heavy (non-hydrogen) atoms. The summed E-state index contributed by atoms with van der Waals surface area (Å²) in [6.07, 6.45) is 1.88. The average Bonchev–Trinajstić information content (AvgIpc) is 3.06. The summed E-state index contributed by atoms with van der Waals surface area (Å²) in [5.41, 5.74) is 12.2. The largest absolute Gasteiger partial charge is 0.496 e. The van der Waals surface area contributed by atoms with Gasteiger partial charge in [-0.15, -0.1) is 0 Å². The smallest absolute Gasteiger partial charge is 0.141 e. The molecule has 0 saturated heterocycles. The van der Waals surface area contributed by atoms with E-state index in [0.717, 1.165) is 32.9 Å². The highest BCUT2D eigenvalue weighted by molar-refractivity contribution is 7.10. The van der Waals surface area contributed by atoms with Crippen LogP contribution in [0.15, 0.2) is 36.5 Å². The van der Waals surface area contributed by atoms with E-state index < -0.39 is 0 Å². The quantitative estimate of drug-likeness (QED) is 0.700. The molecule has 2 N–H and O–H groups in total. The third-order valence-corrected chi connectivity index (χ3v) is 5.06. The Kier molecular flexibility index (Phi) is 4.44. The zero-order valence-corrected chi connectivity index (χ0v) is 15.0. The second kappa shape index (κ2) is 6.53.